The molecule has 0 aliphatic rings. The highest BCUT2D eigenvalue weighted by molar-refractivity contribution is 7.92. The number of nitrogens with zero attached hydrogens (tertiary/aromatic N) is 4. The van der Waals surface area contributed by atoms with Crippen molar-refractivity contribution in [2.45, 2.75) is 0 Å². The van der Waals surface area contributed by atoms with Crippen molar-refractivity contribution in [3.05, 3.63) is 71.7 Å². The Labute approximate surface area is 214 Å². The molecule has 3 heterocycles. The van der Waals surface area contributed by atoms with Crippen molar-refractivity contribution in [1.29, 1.82) is 0 Å². The van der Waals surface area contributed by atoms with E-state index in [1.165, 1.54) is 7.05 Å². The highest BCUT2D eigenvalue weighted by atomic mass is 32.2. The first-order valence-electron chi connectivity index (χ1n) is 11.3. The molecule has 192 valence electrons. The minimum absolute atomic E-state index is 0.184. The van der Waals surface area contributed by atoms with Gasteiger partial charge < -0.3 is 20.4 Å². The number of hydrogen-bond donors (Lipinski definition) is 3. The van der Waals surface area contributed by atoms with Gasteiger partial charge in [0.2, 0.25) is 16.0 Å². The zero-order chi connectivity index (χ0) is 26.4. The summed E-state index contributed by atoms with van der Waals surface area (Å²) in [6.07, 6.45) is 7.98. The number of ether oxygens (including phenoxy) is 1. The first-order chi connectivity index (χ1) is 17.8. The van der Waals surface area contributed by atoms with E-state index in [-0.39, 0.29) is 5.91 Å². The number of nitrogens with one attached hydrogen (secondary N) is 3. The molecule has 0 atom stereocenters. The van der Waals surface area contributed by atoms with Crippen molar-refractivity contribution in [3.8, 4) is 0 Å². The maximum Gasteiger partial charge on any atom is 0.251 e. The second-order valence-corrected chi connectivity index (χ2v) is 10.1. The second-order valence-electron chi connectivity index (χ2n) is 8.10. The topological polar surface area (TPSA) is 142 Å². The summed E-state index contributed by atoms with van der Waals surface area (Å²) in [5.41, 5.74) is 3.10. The zero-order valence-electron chi connectivity index (χ0n) is 20.6. The van der Waals surface area contributed by atoms with Gasteiger partial charge in [0.25, 0.3) is 5.91 Å². The van der Waals surface area contributed by atoms with E-state index < -0.39 is 10.0 Å². The van der Waals surface area contributed by atoms with Crippen LogP contribution in [0.25, 0.3) is 23.2 Å². The van der Waals surface area contributed by atoms with Gasteiger partial charge in [-0.2, -0.15) is 4.98 Å². The molecule has 0 unspecified atom stereocenters. The maximum atomic E-state index is 12.2. The minimum Gasteiger partial charge on any atom is -0.383 e. The van der Waals surface area contributed by atoms with Gasteiger partial charge in [0.1, 0.15) is 11.5 Å². The quantitative estimate of drug-likeness (QED) is 0.270. The lowest BCUT2D eigenvalue weighted by Gasteiger charge is -2.17. The van der Waals surface area contributed by atoms with Gasteiger partial charge in [-0.25, -0.2) is 18.4 Å². The highest BCUT2D eigenvalue weighted by Crippen LogP contribution is 2.24. The number of benzene rings is 1. The molecule has 0 bridgehead atoms. The van der Waals surface area contributed by atoms with E-state index in [2.05, 4.69) is 30.6 Å². The van der Waals surface area contributed by atoms with Crippen molar-refractivity contribution in [2.75, 3.05) is 43.2 Å². The molecule has 0 spiro atoms. The number of rotatable bonds is 10. The molecule has 4 rings (SSSR count). The predicted octanol–water partition coefficient (Wildman–Crippen LogP) is 3.04. The predicted molar refractivity (Wildman–Crippen MR) is 144 cm³/mol. The molecule has 0 saturated carbocycles. The van der Waals surface area contributed by atoms with Gasteiger partial charge in [-0.1, -0.05) is 0 Å². The molecule has 3 aromatic heterocycles. The van der Waals surface area contributed by atoms with E-state index in [4.69, 9.17) is 4.74 Å². The first kappa shape index (κ1) is 25.8. The fraction of sp³-hybridized carbons (Fsp3) is 0.200. The third-order valence-corrected chi connectivity index (χ3v) is 6.64. The second kappa shape index (κ2) is 11.2. The van der Waals surface area contributed by atoms with Crippen molar-refractivity contribution in [2.24, 2.45) is 0 Å². The number of carbonyl (C=O) groups is 1. The Bertz CT molecular complexity index is 1530. The van der Waals surface area contributed by atoms with Gasteiger partial charge in [-0.15, -0.1) is 0 Å². The lowest BCUT2D eigenvalue weighted by molar-refractivity contribution is 0.0937. The van der Waals surface area contributed by atoms with Gasteiger partial charge in [0.15, 0.2) is 0 Å². The van der Waals surface area contributed by atoms with Crippen LogP contribution in [0.3, 0.4) is 0 Å². The summed E-state index contributed by atoms with van der Waals surface area (Å²) in [6.45, 7) is 0.873. The summed E-state index contributed by atoms with van der Waals surface area (Å²) in [4.78, 5) is 28.7. The molecule has 3 N–H and O–H groups in total. The van der Waals surface area contributed by atoms with Gasteiger partial charge >= 0.3 is 0 Å². The van der Waals surface area contributed by atoms with Crippen LogP contribution in [0, 0.1) is 0 Å². The summed E-state index contributed by atoms with van der Waals surface area (Å²) in [5.74, 6) is 0.480. The molecule has 0 fully saturated rings. The molecule has 1 amide bonds. The molecular weight excluding hydrogens is 494 g/mol. The van der Waals surface area contributed by atoms with Crippen LogP contribution in [0.5, 0.6) is 0 Å². The smallest absolute Gasteiger partial charge is 0.251 e. The van der Waals surface area contributed by atoms with Crippen molar-refractivity contribution in [3.63, 3.8) is 0 Å². The Morgan fingerprint density at radius 2 is 1.92 bits per heavy atom. The van der Waals surface area contributed by atoms with E-state index in [9.17, 15) is 13.2 Å². The van der Waals surface area contributed by atoms with Crippen molar-refractivity contribution < 1.29 is 17.9 Å². The number of amides is 1. The SMILES string of the molecule is COCCNC(=O)c1ccc(Nc2nc(C=Cc3cccnc3N(C)S(C)(=O)=O)c3cc[nH]c3n2)cc1. The largest absolute Gasteiger partial charge is 0.383 e. The van der Waals surface area contributed by atoms with E-state index in [1.54, 1.807) is 68.1 Å². The van der Waals surface area contributed by atoms with Gasteiger partial charge in [0.05, 0.1) is 18.6 Å². The molecule has 12 heteroatoms. The summed E-state index contributed by atoms with van der Waals surface area (Å²) >= 11 is 0. The van der Waals surface area contributed by atoms with Crippen LogP contribution >= 0.6 is 0 Å². The van der Waals surface area contributed by atoms with Gasteiger partial charge in [0, 0.05) is 55.3 Å². The van der Waals surface area contributed by atoms with Crippen LogP contribution in [0.2, 0.25) is 0 Å². The average Bonchev–Trinajstić information content (AvgIpc) is 3.36. The molecule has 0 aliphatic carbocycles. The lowest BCUT2D eigenvalue weighted by atomic mass is 10.2. The number of carbonyl (C=O) groups excluding carboxylic acids is 1. The summed E-state index contributed by atoms with van der Waals surface area (Å²) in [6, 6.07) is 12.3. The van der Waals surface area contributed by atoms with E-state index in [1.807, 2.05) is 6.07 Å². The molecule has 4 aromatic rings. The number of sulfonamides is 1. The number of pyridine rings is 1. The Morgan fingerprint density at radius 1 is 1.14 bits per heavy atom. The Balaban J connectivity index is 1.58. The molecular formula is C25H27N7O4S. The molecule has 1 aromatic carbocycles. The fourth-order valence-corrected chi connectivity index (χ4v) is 3.95. The molecule has 0 radical (unpaired) electrons. The maximum absolute atomic E-state index is 12.2. The number of aromatic nitrogens is 4. The number of methoxy groups -OCH3 is 1. The van der Waals surface area contributed by atoms with Crippen molar-refractivity contribution >= 4 is 56.6 Å². The Hall–Kier alpha value is -4.29. The lowest BCUT2D eigenvalue weighted by Crippen LogP contribution is -2.26. The minimum atomic E-state index is -3.48. The Morgan fingerprint density at radius 3 is 2.65 bits per heavy atom. The van der Waals surface area contributed by atoms with Crippen LogP contribution in [-0.2, 0) is 14.8 Å². The molecule has 37 heavy (non-hydrogen) atoms. The summed E-state index contributed by atoms with van der Waals surface area (Å²) < 4.78 is 30.1. The number of fused-ring (bicyclic) bond motifs is 1. The monoisotopic (exact) mass is 521 g/mol. The van der Waals surface area contributed by atoms with Gasteiger partial charge in [-0.3, -0.25) is 9.10 Å². The third kappa shape index (κ3) is 6.29. The standard InChI is InChI=1S/C25H27N7O4S/c1-32(37(3,34)35)23-17(5-4-13-27-23)8-11-21-20-12-14-26-22(20)31-25(30-21)29-19-9-6-18(7-10-19)24(33)28-15-16-36-2/h4-14H,15-16H2,1-3H3,(H,28,33)(H2,26,29,30,31). The summed E-state index contributed by atoms with van der Waals surface area (Å²) in [5, 5.41) is 6.74. The fourth-order valence-electron chi connectivity index (χ4n) is 3.48. The highest BCUT2D eigenvalue weighted by Gasteiger charge is 2.16. The van der Waals surface area contributed by atoms with E-state index >= 15 is 0 Å². The first-order valence-corrected chi connectivity index (χ1v) is 13.2. The van der Waals surface area contributed by atoms with Crippen LogP contribution in [-0.4, -0.2) is 67.8 Å². The molecule has 11 nitrogen and oxygen atoms in total. The number of aromatic amines is 1. The Kier molecular flexibility index (Phi) is 7.80. The van der Waals surface area contributed by atoms with Crippen LogP contribution in [0.4, 0.5) is 17.5 Å². The zero-order valence-corrected chi connectivity index (χ0v) is 21.4. The molecule has 0 aliphatic heterocycles. The number of hydrogen-bond acceptors (Lipinski definition) is 8. The van der Waals surface area contributed by atoms with E-state index in [0.717, 1.165) is 15.9 Å². The van der Waals surface area contributed by atoms with Gasteiger partial charge in [-0.05, 0) is 54.6 Å². The third-order valence-electron chi connectivity index (χ3n) is 5.47. The van der Waals surface area contributed by atoms with Crippen LogP contribution in [0.15, 0.2) is 54.9 Å². The number of H-pyrrole nitrogens is 1. The summed E-state index contributed by atoms with van der Waals surface area (Å²) in [7, 11) is -0.441. The molecule has 0 saturated heterocycles. The van der Waals surface area contributed by atoms with Crippen LogP contribution in [0.1, 0.15) is 21.6 Å². The van der Waals surface area contributed by atoms with Crippen LogP contribution < -0.4 is 14.9 Å². The van der Waals surface area contributed by atoms with E-state index in [0.29, 0.717) is 53.1 Å². The normalized spacial score (nSPS) is 11.6. The average molecular weight is 522 g/mol. The number of anilines is 3. The van der Waals surface area contributed by atoms with Crippen molar-refractivity contribution in [1.82, 2.24) is 25.3 Å².